The van der Waals surface area contributed by atoms with Gasteiger partial charge in [0.15, 0.2) is 5.58 Å². The number of para-hydroxylation sites is 2. The Morgan fingerprint density at radius 3 is 2.88 bits per heavy atom. The first kappa shape index (κ1) is 17.2. The maximum Gasteiger partial charge on any atom is 0.212 e. The van der Waals surface area contributed by atoms with Gasteiger partial charge in [-0.1, -0.05) is 18.2 Å². The van der Waals surface area contributed by atoms with Gasteiger partial charge in [-0.2, -0.15) is 0 Å². The molecule has 0 spiro atoms. The third-order valence-electron chi connectivity index (χ3n) is 5.65. The van der Waals surface area contributed by atoms with Crippen LogP contribution in [0.1, 0.15) is 36.9 Å². The molecule has 1 saturated heterocycles. The van der Waals surface area contributed by atoms with Crippen molar-refractivity contribution in [2.45, 2.75) is 25.4 Å². The van der Waals surface area contributed by atoms with E-state index in [0.29, 0.717) is 12.0 Å². The molecule has 3 atom stereocenters. The summed E-state index contributed by atoms with van der Waals surface area (Å²) < 4.78 is 5.97. The van der Waals surface area contributed by atoms with Gasteiger partial charge in [-0.3, -0.25) is 14.8 Å². The van der Waals surface area contributed by atoms with E-state index in [1.165, 1.54) is 12.0 Å². The Hall–Kier alpha value is -2.24. The lowest BCUT2D eigenvalue weighted by atomic mass is 9.94. The molecule has 1 aromatic carbocycles. The molecule has 1 aliphatic rings. The highest BCUT2D eigenvalue weighted by Crippen LogP contribution is 2.37. The van der Waals surface area contributed by atoms with Crippen LogP contribution in [0.2, 0.25) is 0 Å². The maximum absolute atomic E-state index is 5.97. The molecule has 0 radical (unpaired) electrons. The Morgan fingerprint density at radius 2 is 2.12 bits per heavy atom. The minimum absolute atomic E-state index is 0.142. The predicted molar refractivity (Wildman–Crippen MR) is 103 cm³/mol. The highest BCUT2D eigenvalue weighted by Gasteiger charge is 2.34. The lowest BCUT2D eigenvalue weighted by Crippen LogP contribution is -2.32. The fourth-order valence-corrected chi connectivity index (χ4v) is 4.08. The van der Waals surface area contributed by atoms with Crippen molar-refractivity contribution in [3.8, 4) is 0 Å². The number of benzene rings is 1. The maximum atomic E-state index is 5.97. The molecule has 2 aromatic heterocycles. The summed E-state index contributed by atoms with van der Waals surface area (Å²) in [6, 6.07) is 12.7. The van der Waals surface area contributed by atoms with Crippen LogP contribution in [0.3, 0.4) is 0 Å². The number of aromatic nitrogens is 2. The Kier molecular flexibility index (Phi) is 4.74. The summed E-state index contributed by atoms with van der Waals surface area (Å²) in [7, 11) is 4.38. The van der Waals surface area contributed by atoms with E-state index in [-0.39, 0.29) is 6.04 Å². The van der Waals surface area contributed by atoms with Crippen molar-refractivity contribution in [1.29, 1.82) is 0 Å². The van der Waals surface area contributed by atoms with Gasteiger partial charge in [0.05, 0.1) is 6.04 Å². The normalized spacial score (nSPS) is 22.3. The molecule has 0 N–H and O–H groups in total. The number of fused-ring (bicyclic) bond motifs is 1. The molecule has 0 unspecified atom stereocenters. The van der Waals surface area contributed by atoms with E-state index < -0.39 is 0 Å². The van der Waals surface area contributed by atoms with Gasteiger partial charge >= 0.3 is 0 Å². The highest BCUT2D eigenvalue weighted by atomic mass is 16.3. The van der Waals surface area contributed by atoms with Gasteiger partial charge in [-0.15, -0.1) is 0 Å². The molecule has 0 amide bonds. The molecule has 4 rings (SSSR count). The van der Waals surface area contributed by atoms with Crippen molar-refractivity contribution in [2.24, 2.45) is 5.92 Å². The van der Waals surface area contributed by atoms with Crippen molar-refractivity contribution < 1.29 is 4.42 Å². The first-order valence-corrected chi connectivity index (χ1v) is 9.29. The summed E-state index contributed by atoms with van der Waals surface area (Å²) in [5.41, 5.74) is 3.09. The van der Waals surface area contributed by atoms with Crippen LogP contribution in [-0.2, 0) is 0 Å². The number of nitrogens with zero attached hydrogens (tertiary/aromatic N) is 4. The number of oxazole rings is 1. The largest absolute Gasteiger partial charge is 0.439 e. The number of hydrogen-bond donors (Lipinski definition) is 0. The van der Waals surface area contributed by atoms with E-state index in [0.717, 1.165) is 30.1 Å². The van der Waals surface area contributed by atoms with Gasteiger partial charge in [0.1, 0.15) is 5.52 Å². The van der Waals surface area contributed by atoms with Gasteiger partial charge < -0.3 is 4.42 Å². The van der Waals surface area contributed by atoms with Crippen LogP contribution >= 0.6 is 0 Å². The van der Waals surface area contributed by atoms with Crippen LogP contribution in [0.4, 0.5) is 0 Å². The van der Waals surface area contributed by atoms with Crippen LogP contribution in [0, 0.1) is 5.92 Å². The summed E-state index contributed by atoms with van der Waals surface area (Å²) in [5.74, 6) is 1.36. The van der Waals surface area contributed by atoms with E-state index in [4.69, 9.17) is 4.42 Å². The van der Waals surface area contributed by atoms with Crippen LogP contribution < -0.4 is 0 Å². The summed E-state index contributed by atoms with van der Waals surface area (Å²) in [6.45, 7) is 4.29. The Bertz CT molecular complexity index is 830. The topological polar surface area (TPSA) is 45.4 Å². The van der Waals surface area contributed by atoms with Crippen LogP contribution in [0.5, 0.6) is 0 Å². The van der Waals surface area contributed by atoms with Gasteiger partial charge in [0.25, 0.3) is 0 Å². The number of rotatable bonds is 5. The smallest absolute Gasteiger partial charge is 0.212 e. The Labute approximate surface area is 154 Å². The SMILES string of the molecule is C[C@H](c1nc2ccccc2o1)N(C)C[C@@H]1CCN(C)[C@H]1c1cccnc1. The van der Waals surface area contributed by atoms with E-state index in [2.05, 4.69) is 46.9 Å². The van der Waals surface area contributed by atoms with Crippen molar-refractivity contribution in [3.05, 3.63) is 60.2 Å². The van der Waals surface area contributed by atoms with Crippen molar-refractivity contribution in [3.63, 3.8) is 0 Å². The summed E-state index contributed by atoms with van der Waals surface area (Å²) >= 11 is 0. The molecular weight excluding hydrogens is 324 g/mol. The average Bonchev–Trinajstić information content (AvgIpc) is 3.25. The molecule has 5 heteroatoms. The predicted octanol–water partition coefficient (Wildman–Crippen LogP) is 3.91. The summed E-state index contributed by atoms with van der Waals surface area (Å²) in [4.78, 5) is 13.8. The third-order valence-corrected chi connectivity index (χ3v) is 5.65. The first-order valence-electron chi connectivity index (χ1n) is 9.29. The van der Waals surface area contributed by atoms with Gasteiger partial charge in [0, 0.05) is 25.0 Å². The molecule has 26 heavy (non-hydrogen) atoms. The van der Waals surface area contributed by atoms with Crippen molar-refractivity contribution >= 4 is 11.1 Å². The zero-order valence-electron chi connectivity index (χ0n) is 15.7. The Morgan fingerprint density at radius 1 is 1.27 bits per heavy atom. The number of hydrogen-bond acceptors (Lipinski definition) is 5. The second kappa shape index (κ2) is 7.17. The minimum Gasteiger partial charge on any atom is -0.439 e. The van der Waals surface area contributed by atoms with Gasteiger partial charge in [-0.05, 0) is 63.7 Å². The molecule has 0 aliphatic carbocycles. The third kappa shape index (κ3) is 3.24. The Balaban J connectivity index is 1.50. The molecule has 1 aliphatic heterocycles. The molecule has 1 fully saturated rings. The van der Waals surface area contributed by atoms with E-state index in [1.54, 1.807) is 0 Å². The first-order chi connectivity index (χ1) is 12.6. The summed E-state index contributed by atoms with van der Waals surface area (Å²) in [5, 5.41) is 0. The van der Waals surface area contributed by atoms with Crippen molar-refractivity contribution in [1.82, 2.24) is 19.8 Å². The zero-order chi connectivity index (χ0) is 18.1. The van der Waals surface area contributed by atoms with Gasteiger partial charge in [0.2, 0.25) is 5.89 Å². The summed E-state index contributed by atoms with van der Waals surface area (Å²) in [6.07, 6.45) is 5.04. The molecule has 136 valence electrons. The lowest BCUT2D eigenvalue weighted by molar-refractivity contribution is 0.170. The minimum atomic E-state index is 0.142. The number of pyridine rings is 1. The van der Waals surface area contributed by atoms with Crippen molar-refractivity contribution in [2.75, 3.05) is 27.2 Å². The number of likely N-dealkylation sites (tertiary alicyclic amines) is 1. The monoisotopic (exact) mass is 350 g/mol. The average molecular weight is 350 g/mol. The fourth-order valence-electron chi connectivity index (χ4n) is 4.08. The molecule has 5 nitrogen and oxygen atoms in total. The van der Waals surface area contributed by atoms with Gasteiger partial charge in [-0.25, -0.2) is 4.98 Å². The highest BCUT2D eigenvalue weighted by molar-refractivity contribution is 5.72. The van der Waals surface area contributed by atoms with E-state index >= 15 is 0 Å². The van der Waals surface area contributed by atoms with E-state index in [1.807, 2.05) is 42.7 Å². The zero-order valence-corrected chi connectivity index (χ0v) is 15.7. The second-order valence-electron chi connectivity index (χ2n) is 7.40. The van der Waals surface area contributed by atoms with Crippen LogP contribution in [-0.4, -0.2) is 47.0 Å². The molecule has 3 aromatic rings. The van der Waals surface area contributed by atoms with Crippen LogP contribution in [0.15, 0.2) is 53.2 Å². The molecule has 0 saturated carbocycles. The molecule has 3 heterocycles. The van der Waals surface area contributed by atoms with E-state index in [9.17, 15) is 0 Å². The fraction of sp³-hybridized carbons (Fsp3) is 0.429. The van der Waals surface area contributed by atoms with Crippen LogP contribution in [0.25, 0.3) is 11.1 Å². The quantitative estimate of drug-likeness (QED) is 0.698. The second-order valence-corrected chi connectivity index (χ2v) is 7.40. The molecular formula is C21H26N4O. The lowest BCUT2D eigenvalue weighted by Gasteiger charge is -2.30. The standard InChI is InChI=1S/C21H26N4O/c1-15(21-23-18-8-4-5-9-19(18)26-21)25(3)14-17-10-12-24(2)20(17)16-7-6-11-22-13-16/h4-9,11,13,15,17,20H,10,12,14H2,1-3H3/t15-,17+,20+/m1/s1. The molecule has 0 bridgehead atoms.